The number of rotatable bonds is 9. The Bertz CT molecular complexity index is 379. The van der Waals surface area contributed by atoms with Gasteiger partial charge in [0, 0.05) is 17.5 Å². The highest BCUT2D eigenvalue weighted by Gasteiger charge is 2.22. The van der Waals surface area contributed by atoms with Gasteiger partial charge in [0.15, 0.2) is 0 Å². The van der Waals surface area contributed by atoms with E-state index in [1.54, 1.807) is 11.3 Å². The average Bonchev–Trinajstić information content (AvgIpc) is 3.03. The van der Waals surface area contributed by atoms with E-state index in [1.165, 1.54) is 0 Å². The minimum absolute atomic E-state index is 0.00537. The van der Waals surface area contributed by atoms with Crippen LogP contribution in [0, 0.1) is 0 Å². The third kappa shape index (κ3) is 6.15. The number of aliphatic hydroxyl groups is 1. The van der Waals surface area contributed by atoms with Gasteiger partial charge in [-0.25, -0.2) is 0 Å². The molecule has 6 heteroatoms. The molecule has 1 aliphatic rings. The number of hydrogen-bond acceptors (Lipinski definition) is 5. The third-order valence-electron chi connectivity index (χ3n) is 2.74. The first-order valence-corrected chi connectivity index (χ1v) is 7.40. The van der Waals surface area contributed by atoms with Crippen molar-refractivity contribution in [3.05, 3.63) is 22.4 Å². The van der Waals surface area contributed by atoms with Crippen molar-refractivity contribution in [1.82, 2.24) is 10.6 Å². The van der Waals surface area contributed by atoms with E-state index >= 15 is 0 Å². The number of ether oxygens (including phenoxy) is 1. The van der Waals surface area contributed by atoms with E-state index < -0.39 is 6.10 Å². The van der Waals surface area contributed by atoms with Crippen molar-refractivity contribution in [2.45, 2.75) is 31.6 Å². The van der Waals surface area contributed by atoms with Crippen LogP contribution in [-0.2, 0) is 16.1 Å². The predicted octanol–water partition coefficient (Wildman–Crippen LogP) is 0.494. The first-order valence-electron chi connectivity index (χ1n) is 6.52. The van der Waals surface area contributed by atoms with Gasteiger partial charge in [-0.05, 0) is 24.3 Å². The maximum absolute atomic E-state index is 11.4. The van der Waals surface area contributed by atoms with Gasteiger partial charge < -0.3 is 20.5 Å². The highest BCUT2D eigenvalue weighted by Crippen LogP contribution is 2.18. The summed E-state index contributed by atoms with van der Waals surface area (Å²) in [5.74, 6) is -0.00537. The fourth-order valence-corrected chi connectivity index (χ4v) is 2.25. The van der Waals surface area contributed by atoms with E-state index in [-0.39, 0.29) is 19.1 Å². The number of hydrogen-bond donors (Lipinski definition) is 3. The standard InChI is InChI=1S/C13H20N2O3S/c16-11(8-18-9-12-2-1-5-19-12)6-14-7-13(17)15-10-3-4-10/h1-2,5,10-11,14,16H,3-4,6-9H2,(H,15,17). The summed E-state index contributed by atoms with van der Waals surface area (Å²) in [7, 11) is 0. The summed E-state index contributed by atoms with van der Waals surface area (Å²) in [5, 5.41) is 17.5. The molecule has 1 atom stereocenters. The van der Waals surface area contributed by atoms with Crippen molar-refractivity contribution < 1.29 is 14.6 Å². The summed E-state index contributed by atoms with van der Waals surface area (Å²) < 4.78 is 5.39. The summed E-state index contributed by atoms with van der Waals surface area (Å²) in [6.45, 7) is 1.41. The lowest BCUT2D eigenvalue weighted by atomic mass is 10.3. The van der Waals surface area contributed by atoms with Gasteiger partial charge in [-0.1, -0.05) is 6.07 Å². The molecule has 0 radical (unpaired) electrons. The minimum atomic E-state index is -0.589. The molecule has 0 bridgehead atoms. The lowest BCUT2D eigenvalue weighted by Crippen LogP contribution is -2.39. The Balaban J connectivity index is 1.47. The van der Waals surface area contributed by atoms with Crippen molar-refractivity contribution in [1.29, 1.82) is 0 Å². The number of amides is 1. The van der Waals surface area contributed by atoms with Crippen LogP contribution in [0.25, 0.3) is 0 Å². The zero-order valence-corrected chi connectivity index (χ0v) is 11.6. The quantitative estimate of drug-likeness (QED) is 0.617. The van der Waals surface area contributed by atoms with Crippen molar-refractivity contribution in [2.24, 2.45) is 0 Å². The zero-order valence-electron chi connectivity index (χ0n) is 10.8. The summed E-state index contributed by atoms with van der Waals surface area (Å²) in [5.41, 5.74) is 0. The fourth-order valence-electron chi connectivity index (χ4n) is 1.61. The molecule has 3 N–H and O–H groups in total. The topological polar surface area (TPSA) is 70.6 Å². The third-order valence-corrected chi connectivity index (χ3v) is 3.59. The second kappa shape index (κ2) is 7.59. The molecule has 2 rings (SSSR count). The van der Waals surface area contributed by atoms with Gasteiger partial charge in [-0.2, -0.15) is 0 Å². The van der Waals surface area contributed by atoms with E-state index in [2.05, 4.69) is 10.6 Å². The van der Waals surface area contributed by atoms with Gasteiger partial charge >= 0.3 is 0 Å². The summed E-state index contributed by atoms with van der Waals surface area (Å²) in [6, 6.07) is 4.35. The molecule has 0 spiro atoms. The summed E-state index contributed by atoms with van der Waals surface area (Å²) in [4.78, 5) is 12.5. The molecule has 1 saturated carbocycles. The number of carbonyl (C=O) groups is 1. The highest BCUT2D eigenvalue weighted by atomic mass is 32.1. The van der Waals surface area contributed by atoms with Crippen LogP contribution in [-0.4, -0.2) is 42.9 Å². The van der Waals surface area contributed by atoms with Crippen LogP contribution >= 0.6 is 11.3 Å². The van der Waals surface area contributed by atoms with Crippen LogP contribution in [0.4, 0.5) is 0 Å². The number of carbonyl (C=O) groups excluding carboxylic acids is 1. The van der Waals surface area contributed by atoms with Crippen molar-refractivity contribution in [3.63, 3.8) is 0 Å². The number of nitrogens with one attached hydrogen (secondary N) is 2. The fraction of sp³-hybridized carbons (Fsp3) is 0.615. The summed E-state index contributed by atoms with van der Waals surface area (Å²) in [6.07, 6.45) is 1.59. The summed E-state index contributed by atoms with van der Waals surface area (Å²) >= 11 is 1.63. The molecule has 1 amide bonds. The van der Waals surface area contributed by atoms with Crippen LogP contribution in [0.5, 0.6) is 0 Å². The van der Waals surface area contributed by atoms with Crippen molar-refractivity contribution in [2.75, 3.05) is 19.7 Å². The normalized spacial score (nSPS) is 16.3. The zero-order chi connectivity index (χ0) is 13.5. The number of thiophene rings is 1. The Morgan fingerprint density at radius 3 is 3.11 bits per heavy atom. The van der Waals surface area contributed by atoms with Gasteiger partial charge in [-0.3, -0.25) is 4.79 Å². The SMILES string of the molecule is O=C(CNCC(O)COCc1cccs1)NC1CC1. The average molecular weight is 284 g/mol. The van der Waals surface area contributed by atoms with E-state index in [4.69, 9.17) is 4.74 Å². The Morgan fingerprint density at radius 2 is 2.42 bits per heavy atom. The van der Waals surface area contributed by atoms with Crippen LogP contribution in [0.15, 0.2) is 17.5 Å². The second-order valence-electron chi connectivity index (χ2n) is 4.72. The minimum Gasteiger partial charge on any atom is -0.389 e. The lowest BCUT2D eigenvalue weighted by Gasteiger charge is -2.12. The molecule has 0 aliphatic heterocycles. The second-order valence-corrected chi connectivity index (χ2v) is 5.75. The molecule has 0 aromatic carbocycles. The Kier molecular flexibility index (Phi) is 5.78. The maximum atomic E-state index is 11.4. The van der Waals surface area contributed by atoms with E-state index in [0.29, 0.717) is 19.2 Å². The number of aliphatic hydroxyl groups excluding tert-OH is 1. The molecule has 0 saturated heterocycles. The molecule has 106 valence electrons. The largest absolute Gasteiger partial charge is 0.389 e. The highest BCUT2D eigenvalue weighted by molar-refractivity contribution is 7.09. The molecule has 19 heavy (non-hydrogen) atoms. The van der Waals surface area contributed by atoms with E-state index in [1.807, 2.05) is 17.5 Å². The molecule has 5 nitrogen and oxygen atoms in total. The van der Waals surface area contributed by atoms with Crippen LogP contribution in [0.1, 0.15) is 17.7 Å². The lowest BCUT2D eigenvalue weighted by molar-refractivity contribution is -0.120. The van der Waals surface area contributed by atoms with Crippen molar-refractivity contribution >= 4 is 17.2 Å². The molecular formula is C13H20N2O3S. The molecule has 1 aromatic rings. The Hall–Kier alpha value is -0.950. The van der Waals surface area contributed by atoms with Crippen LogP contribution < -0.4 is 10.6 Å². The Labute approximate surface area is 117 Å². The van der Waals surface area contributed by atoms with Gasteiger partial charge in [-0.15, -0.1) is 11.3 Å². The van der Waals surface area contributed by atoms with Crippen LogP contribution in [0.3, 0.4) is 0 Å². The van der Waals surface area contributed by atoms with Gasteiger partial charge in [0.05, 0.1) is 25.9 Å². The van der Waals surface area contributed by atoms with E-state index in [9.17, 15) is 9.90 Å². The first kappa shape index (κ1) is 14.5. The smallest absolute Gasteiger partial charge is 0.234 e. The first-order chi connectivity index (χ1) is 9.24. The maximum Gasteiger partial charge on any atom is 0.234 e. The molecule has 1 fully saturated rings. The van der Waals surface area contributed by atoms with Gasteiger partial charge in [0.1, 0.15) is 0 Å². The van der Waals surface area contributed by atoms with E-state index in [0.717, 1.165) is 17.7 Å². The predicted molar refractivity (Wildman–Crippen MR) is 74.0 cm³/mol. The van der Waals surface area contributed by atoms with Gasteiger partial charge in [0.25, 0.3) is 0 Å². The van der Waals surface area contributed by atoms with Crippen molar-refractivity contribution in [3.8, 4) is 0 Å². The Morgan fingerprint density at radius 1 is 1.58 bits per heavy atom. The van der Waals surface area contributed by atoms with Crippen LogP contribution in [0.2, 0.25) is 0 Å². The molecule has 1 aliphatic carbocycles. The molecule has 1 heterocycles. The monoisotopic (exact) mass is 284 g/mol. The molecule has 1 aromatic heterocycles. The van der Waals surface area contributed by atoms with Gasteiger partial charge in [0.2, 0.25) is 5.91 Å². The molecular weight excluding hydrogens is 264 g/mol. The molecule has 1 unspecified atom stereocenters.